The SMILES string of the molecule is OCCc1ccccc1OCc1sccc1Br. The molecule has 0 radical (unpaired) electrons. The summed E-state index contributed by atoms with van der Waals surface area (Å²) in [5.74, 6) is 0.849. The van der Waals surface area contributed by atoms with E-state index in [-0.39, 0.29) is 6.61 Å². The zero-order chi connectivity index (χ0) is 12.1. The van der Waals surface area contributed by atoms with E-state index in [4.69, 9.17) is 9.84 Å². The minimum absolute atomic E-state index is 0.142. The number of thiophene rings is 1. The number of rotatable bonds is 5. The highest BCUT2D eigenvalue weighted by atomic mass is 79.9. The second-order valence-electron chi connectivity index (χ2n) is 3.56. The fraction of sp³-hybridized carbons (Fsp3) is 0.231. The van der Waals surface area contributed by atoms with Crippen molar-refractivity contribution >= 4 is 27.3 Å². The van der Waals surface area contributed by atoms with Crippen molar-refractivity contribution in [2.75, 3.05) is 6.61 Å². The lowest BCUT2D eigenvalue weighted by Gasteiger charge is -2.10. The summed E-state index contributed by atoms with van der Waals surface area (Å²) in [7, 11) is 0. The molecule has 0 saturated carbocycles. The van der Waals surface area contributed by atoms with Gasteiger partial charge in [-0.3, -0.25) is 0 Å². The molecule has 0 aliphatic carbocycles. The number of hydrogen-bond donors (Lipinski definition) is 1. The average Bonchev–Trinajstić information content (AvgIpc) is 2.74. The summed E-state index contributed by atoms with van der Waals surface area (Å²) in [6, 6.07) is 9.84. The Morgan fingerprint density at radius 1 is 1.24 bits per heavy atom. The monoisotopic (exact) mass is 312 g/mol. The van der Waals surface area contributed by atoms with Crippen molar-refractivity contribution in [3.63, 3.8) is 0 Å². The van der Waals surface area contributed by atoms with Crippen LogP contribution in [0.2, 0.25) is 0 Å². The lowest BCUT2D eigenvalue weighted by atomic mass is 10.1. The molecular weight excluding hydrogens is 300 g/mol. The Labute approximate surface area is 113 Å². The van der Waals surface area contributed by atoms with E-state index < -0.39 is 0 Å². The molecule has 1 aromatic heterocycles. The summed E-state index contributed by atoms with van der Waals surface area (Å²) in [5.41, 5.74) is 1.04. The zero-order valence-corrected chi connectivity index (χ0v) is 11.6. The van der Waals surface area contributed by atoms with Gasteiger partial charge in [-0.05, 0) is 45.4 Å². The zero-order valence-electron chi connectivity index (χ0n) is 9.23. The highest BCUT2D eigenvalue weighted by molar-refractivity contribution is 9.10. The van der Waals surface area contributed by atoms with Gasteiger partial charge in [0.15, 0.2) is 0 Å². The largest absolute Gasteiger partial charge is 0.488 e. The molecule has 2 aromatic rings. The van der Waals surface area contributed by atoms with Crippen LogP contribution in [-0.4, -0.2) is 11.7 Å². The van der Waals surface area contributed by atoms with Crippen LogP contribution < -0.4 is 4.74 Å². The van der Waals surface area contributed by atoms with Crippen molar-refractivity contribution in [2.45, 2.75) is 13.0 Å². The third-order valence-electron chi connectivity index (χ3n) is 2.40. The summed E-state index contributed by atoms with van der Waals surface area (Å²) in [5, 5.41) is 11.0. The Kier molecular flexibility index (Phi) is 4.59. The van der Waals surface area contributed by atoms with E-state index in [1.807, 2.05) is 35.7 Å². The fourth-order valence-electron chi connectivity index (χ4n) is 1.54. The molecule has 90 valence electrons. The van der Waals surface area contributed by atoms with Crippen LogP contribution in [0.5, 0.6) is 5.75 Å². The number of halogens is 1. The summed E-state index contributed by atoms with van der Waals surface area (Å²) >= 11 is 5.15. The molecule has 0 aliphatic heterocycles. The van der Waals surface area contributed by atoms with Crippen molar-refractivity contribution in [2.24, 2.45) is 0 Å². The lowest BCUT2D eigenvalue weighted by molar-refractivity contribution is 0.285. The van der Waals surface area contributed by atoms with Crippen molar-refractivity contribution in [3.8, 4) is 5.75 Å². The van der Waals surface area contributed by atoms with Crippen LogP contribution in [0.15, 0.2) is 40.2 Å². The Bertz CT molecular complexity index is 482. The van der Waals surface area contributed by atoms with Gasteiger partial charge in [-0.2, -0.15) is 0 Å². The minimum atomic E-state index is 0.142. The standard InChI is InChI=1S/C13H13BrO2S/c14-11-6-8-17-13(11)9-16-12-4-2-1-3-10(12)5-7-15/h1-4,6,8,15H,5,7,9H2. The van der Waals surface area contributed by atoms with Gasteiger partial charge in [0.2, 0.25) is 0 Å². The molecule has 0 aliphatic rings. The van der Waals surface area contributed by atoms with Gasteiger partial charge in [0.1, 0.15) is 12.4 Å². The van der Waals surface area contributed by atoms with Gasteiger partial charge in [0.05, 0.1) is 4.88 Å². The molecule has 0 amide bonds. The number of para-hydroxylation sites is 1. The minimum Gasteiger partial charge on any atom is -0.488 e. The smallest absolute Gasteiger partial charge is 0.124 e. The number of benzene rings is 1. The average molecular weight is 313 g/mol. The molecule has 2 nitrogen and oxygen atoms in total. The van der Waals surface area contributed by atoms with E-state index in [2.05, 4.69) is 15.9 Å². The fourth-order valence-corrected chi connectivity index (χ4v) is 2.92. The third kappa shape index (κ3) is 3.31. The van der Waals surface area contributed by atoms with Crippen molar-refractivity contribution < 1.29 is 9.84 Å². The molecule has 0 saturated heterocycles. The maximum absolute atomic E-state index is 8.98. The Morgan fingerprint density at radius 2 is 2.06 bits per heavy atom. The number of aliphatic hydroxyl groups is 1. The van der Waals surface area contributed by atoms with E-state index in [1.165, 1.54) is 4.88 Å². The third-order valence-corrected chi connectivity index (χ3v) is 4.30. The summed E-state index contributed by atoms with van der Waals surface area (Å²) in [4.78, 5) is 1.17. The second-order valence-corrected chi connectivity index (χ2v) is 5.42. The predicted octanol–water partition coefficient (Wildman–Crippen LogP) is 3.62. The van der Waals surface area contributed by atoms with Crippen LogP contribution in [0.4, 0.5) is 0 Å². The predicted molar refractivity (Wildman–Crippen MR) is 73.6 cm³/mol. The molecule has 1 aromatic carbocycles. The molecule has 4 heteroatoms. The quantitative estimate of drug-likeness (QED) is 0.913. The molecule has 1 heterocycles. The van der Waals surface area contributed by atoms with Gasteiger partial charge >= 0.3 is 0 Å². The molecule has 0 spiro atoms. The van der Waals surface area contributed by atoms with Gasteiger partial charge in [0.25, 0.3) is 0 Å². The molecule has 0 fully saturated rings. The van der Waals surface area contributed by atoms with Crippen molar-refractivity contribution in [1.29, 1.82) is 0 Å². The summed E-state index contributed by atoms with van der Waals surface area (Å²) in [6.07, 6.45) is 0.627. The van der Waals surface area contributed by atoms with Crippen LogP contribution in [0.1, 0.15) is 10.4 Å². The maximum Gasteiger partial charge on any atom is 0.124 e. The van der Waals surface area contributed by atoms with Crippen LogP contribution in [-0.2, 0) is 13.0 Å². The van der Waals surface area contributed by atoms with Gasteiger partial charge < -0.3 is 9.84 Å². The van der Waals surface area contributed by atoms with Gasteiger partial charge in [0, 0.05) is 11.1 Å². The highest BCUT2D eigenvalue weighted by Gasteiger charge is 2.05. The molecule has 1 N–H and O–H groups in total. The molecule has 0 atom stereocenters. The highest BCUT2D eigenvalue weighted by Crippen LogP contribution is 2.25. The first kappa shape index (κ1) is 12.6. The first-order valence-electron chi connectivity index (χ1n) is 5.34. The van der Waals surface area contributed by atoms with Gasteiger partial charge in [-0.1, -0.05) is 18.2 Å². The van der Waals surface area contributed by atoms with Crippen molar-refractivity contribution in [3.05, 3.63) is 50.6 Å². The Hall–Kier alpha value is -0.840. The van der Waals surface area contributed by atoms with E-state index in [0.29, 0.717) is 13.0 Å². The molecular formula is C13H13BrO2S. The topological polar surface area (TPSA) is 29.5 Å². The van der Waals surface area contributed by atoms with E-state index in [1.54, 1.807) is 11.3 Å². The van der Waals surface area contributed by atoms with Crippen molar-refractivity contribution in [1.82, 2.24) is 0 Å². The number of aliphatic hydroxyl groups excluding tert-OH is 1. The Balaban J connectivity index is 2.06. The van der Waals surface area contributed by atoms with Crippen LogP contribution >= 0.6 is 27.3 Å². The summed E-state index contributed by atoms with van der Waals surface area (Å²) in [6.45, 7) is 0.698. The molecule has 0 bridgehead atoms. The summed E-state index contributed by atoms with van der Waals surface area (Å²) < 4.78 is 6.87. The van der Waals surface area contributed by atoms with Gasteiger partial charge in [-0.15, -0.1) is 11.3 Å². The van der Waals surface area contributed by atoms with Crippen LogP contribution in [0, 0.1) is 0 Å². The van der Waals surface area contributed by atoms with E-state index in [0.717, 1.165) is 15.8 Å². The van der Waals surface area contributed by atoms with E-state index >= 15 is 0 Å². The molecule has 0 unspecified atom stereocenters. The van der Waals surface area contributed by atoms with Crippen LogP contribution in [0.25, 0.3) is 0 Å². The number of hydrogen-bond acceptors (Lipinski definition) is 3. The lowest BCUT2D eigenvalue weighted by Crippen LogP contribution is -1.99. The molecule has 2 rings (SSSR count). The maximum atomic E-state index is 8.98. The normalized spacial score (nSPS) is 10.5. The van der Waals surface area contributed by atoms with Gasteiger partial charge in [-0.25, -0.2) is 0 Å². The Morgan fingerprint density at radius 3 is 2.76 bits per heavy atom. The first-order valence-corrected chi connectivity index (χ1v) is 7.02. The first-order chi connectivity index (χ1) is 8.31. The van der Waals surface area contributed by atoms with Crippen LogP contribution in [0.3, 0.4) is 0 Å². The second kappa shape index (κ2) is 6.19. The van der Waals surface area contributed by atoms with E-state index in [9.17, 15) is 0 Å². The number of ether oxygens (including phenoxy) is 1. The molecule has 17 heavy (non-hydrogen) atoms.